The Morgan fingerprint density at radius 1 is 1.10 bits per heavy atom. The molecule has 0 fully saturated rings. The second-order valence-corrected chi connectivity index (χ2v) is 6.64. The number of aryl methyl sites for hydroxylation is 2. The van der Waals surface area contributed by atoms with Crippen LogP contribution in [0.5, 0.6) is 0 Å². The maximum Gasteiger partial charge on any atom is 0.269 e. The second-order valence-electron chi connectivity index (χ2n) is 6.64. The summed E-state index contributed by atoms with van der Waals surface area (Å²) in [6, 6.07) is 14.1. The van der Waals surface area contributed by atoms with Gasteiger partial charge in [0, 0.05) is 49.3 Å². The van der Waals surface area contributed by atoms with E-state index in [0.717, 1.165) is 17.7 Å². The first-order valence-electron chi connectivity index (χ1n) is 9.72. The summed E-state index contributed by atoms with van der Waals surface area (Å²) in [6.45, 7) is 3.02. The molecule has 0 aliphatic rings. The Labute approximate surface area is 173 Å². The summed E-state index contributed by atoms with van der Waals surface area (Å²) in [7, 11) is 0. The molecule has 2 aromatic carbocycles. The normalized spacial score (nSPS) is 10.6. The first kappa shape index (κ1) is 21.0. The zero-order valence-electron chi connectivity index (χ0n) is 16.6. The molecule has 0 atom stereocenters. The van der Waals surface area contributed by atoms with E-state index in [1.807, 2.05) is 24.3 Å². The number of nitrogens with zero attached hydrogens (tertiary/aromatic N) is 3. The maximum absolute atomic E-state index is 12.0. The van der Waals surface area contributed by atoms with E-state index in [0.29, 0.717) is 31.2 Å². The topological polar surface area (TPSA) is 123 Å². The van der Waals surface area contributed by atoms with Crippen molar-refractivity contribution in [2.24, 2.45) is 0 Å². The van der Waals surface area contributed by atoms with Gasteiger partial charge in [-0.25, -0.2) is 0 Å². The van der Waals surface area contributed by atoms with E-state index in [2.05, 4.69) is 27.7 Å². The fourth-order valence-corrected chi connectivity index (χ4v) is 2.78. The van der Waals surface area contributed by atoms with Crippen LogP contribution in [0.15, 0.2) is 53.1 Å². The quantitative estimate of drug-likeness (QED) is 0.299. The lowest BCUT2D eigenvalue weighted by atomic mass is 10.1. The molecule has 3 aromatic rings. The first-order chi connectivity index (χ1) is 14.5. The van der Waals surface area contributed by atoms with Crippen LogP contribution in [-0.4, -0.2) is 34.1 Å². The number of nitrogens with one attached hydrogen (secondary N) is 2. The van der Waals surface area contributed by atoms with Crippen molar-refractivity contribution in [3.63, 3.8) is 0 Å². The van der Waals surface area contributed by atoms with Crippen LogP contribution in [0.1, 0.15) is 24.8 Å². The summed E-state index contributed by atoms with van der Waals surface area (Å²) in [6.07, 6.45) is 1.58. The highest BCUT2D eigenvalue weighted by Gasteiger charge is 2.11. The average molecular weight is 409 g/mol. The summed E-state index contributed by atoms with van der Waals surface area (Å²) in [5.41, 5.74) is 2.90. The molecule has 156 valence electrons. The lowest BCUT2D eigenvalue weighted by molar-refractivity contribution is -0.384. The minimum absolute atomic E-state index is 0.0380. The van der Waals surface area contributed by atoms with Crippen LogP contribution in [0.25, 0.3) is 11.4 Å². The van der Waals surface area contributed by atoms with Crippen LogP contribution in [0.3, 0.4) is 0 Å². The minimum Gasteiger partial charge on any atom is -0.383 e. The van der Waals surface area contributed by atoms with Crippen LogP contribution < -0.4 is 10.6 Å². The maximum atomic E-state index is 12.0. The van der Waals surface area contributed by atoms with Gasteiger partial charge in [0.05, 0.1) is 4.92 Å². The summed E-state index contributed by atoms with van der Waals surface area (Å²) >= 11 is 0. The van der Waals surface area contributed by atoms with Crippen molar-refractivity contribution in [2.45, 2.75) is 26.2 Å². The molecule has 3 rings (SSSR count). The summed E-state index contributed by atoms with van der Waals surface area (Å²) in [4.78, 5) is 26.5. The van der Waals surface area contributed by atoms with E-state index in [1.54, 1.807) is 12.1 Å². The third-order valence-electron chi connectivity index (χ3n) is 4.51. The van der Waals surface area contributed by atoms with Gasteiger partial charge in [-0.15, -0.1) is 0 Å². The Morgan fingerprint density at radius 2 is 1.83 bits per heavy atom. The summed E-state index contributed by atoms with van der Waals surface area (Å²) in [5.74, 6) is 0.816. The number of rotatable bonds is 10. The van der Waals surface area contributed by atoms with E-state index in [1.165, 1.54) is 17.7 Å². The Hall–Kier alpha value is -3.75. The van der Waals surface area contributed by atoms with Gasteiger partial charge in [0.1, 0.15) is 0 Å². The highest BCUT2D eigenvalue weighted by molar-refractivity contribution is 5.76. The molecule has 0 spiro atoms. The van der Waals surface area contributed by atoms with Crippen molar-refractivity contribution < 1.29 is 14.2 Å². The standard InChI is InChI=1S/C21H23N5O4/c1-2-15-3-5-16(6-4-15)21-24-20(30-25-21)12-11-19(27)23-14-13-22-17-7-9-18(10-8-17)26(28)29/h3-10,22H,2,11-14H2,1H3,(H,23,27). The zero-order valence-corrected chi connectivity index (χ0v) is 16.6. The molecule has 1 amide bonds. The Kier molecular flexibility index (Phi) is 7.09. The van der Waals surface area contributed by atoms with Gasteiger partial charge in [-0.3, -0.25) is 14.9 Å². The van der Waals surface area contributed by atoms with Gasteiger partial charge < -0.3 is 15.2 Å². The number of benzene rings is 2. The van der Waals surface area contributed by atoms with Crippen LogP contribution in [-0.2, 0) is 17.6 Å². The van der Waals surface area contributed by atoms with Crippen LogP contribution in [0.4, 0.5) is 11.4 Å². The number of carbonyl (C=O) groups is 1. The Bertz CT molecular complexity index is 983. The molecule has 0 bridgehead atoms. The van der Waals surface area contributed by atoms with E-state index in [-0.39, 0.29) is 18.0 Å². The number of amides is 1. The lowest BCUT2D eigenvalue weighted by Crippen LogP contribution is -2.28. The first-order valence-corrected chi connectivity index (χ1v) is 9.72. The molecule has 0 saturated heterocycles. The molecule has 0 unspecified atom stereocenters. The largest absolute Gasteiger partial charge is 0.383 e. The molecule has 0 aliphatic carbocycles. The van der Waals surface area contributed by atoms with E-state index in [4.69, 9.17) is 4.52 Å². The number of hydrogen-bond donors (Lipinski definition) is 2. The number of nitro benzene ring substituents is 1. The number of non-ortho nitro benzene ring substituents is 1. The van der Waals surface area contributed by atoms with Gasteiger partial charge in [-0.1, -0.05) is 36.3 Å². The molecule has 2 N–H and O–H groups in total. The number of nitro groups is 1. The van der Waals surface area contributed by atoms with Gasteiger partial charge in [-0.05, 0) is 24.1 Å². The van der Waals surface area contributed by atoms with Gasteiger partial charge in [0.2, 0.25) is 17.6 Å². The fourth-order valence-electron chi connectivity index (χ4n) is 2.78. The predicted molar refractivity (Wildman–Crippen MR) is 112 cm³/mol. The van der Waals surface area contributed by atoms with E-state index < -0.39 is 4.92 Å². The molecule has 1 heterocycles. The van der Waals surface area contributed by atoms with Crippen LogP contribution in [0, 0.1) is 10.1 Å². The monoisotopic (exact) mass is 409 g/mol. The van der Waals surface area contributed by atoms with Crippen molar-refractivity contribution in [1.82, 2.24) is 15.5 Å². The Morgan fingerprint density at radius 3 is 2.50 bits per heavy atom. The smallest absolute Gasteiger partial charge is 0.269 e. The summed E-state index contributed by atoms with van der Waals surface area (Å²) in [5, 5.41) is 20.5. The predicted octanol–water partition coefficient (Wildman–Crippen LogP) is 3.37. The SMILES string of the molecule is CCc1ccc(-c2noc(CCC(=O)NCCNc3ccc([N+](=O)[O-])cc3)n2)cc1. The van der Waals surface area contributed by atoms with E-state index in [9.17, 15) is 14.9 Å². The van der Waals surface area contributed by atoms with Crippen molar-refractivity contribution in [3.8, 4) is 11.4 Å². The number of carbonyl (C=O) groups excluding carboxylic acids is 1. The highest BCUT2D eigenvalue weighted by atomic mass is 16.6. The number of anilines is 1. The molecule has 9 nitrogen and oxygen atoms in total. The molecule has 0 radical (unpaired) electrons. The minimum atomic E-state index is -0.446. The third kappa shape index (κ3) is 5.87. The van der Waals surface area contributed by atoms with Crippen molar-refractivity contribution in [3.05, 3.63) is 70.1 Å². The van der Waals surface area contributed by atoms with Gasteiger partial charge in [0.15, 0.2) is 0 Å². The molecule has 9 heteroatoms. The second kappa shape index (κ2) is 10.1. The molecule has 1 aromatic heterocycles. The molecular weight excluding hydrogens is 386 g/mol. The summed E-state index contributed by atoms with van der Waals surface area (Å²) < 4.78 is 5.23. The van der Waals surface area contributed by atoms with Gasteiger partial charge >= 0.3 is 0 Å². The van der Waals surface area contributed by atoms with Gasteiger partial charge in [0.25, 0.3) is 5.69 Å². The van der Waals surface area contributed by atoms with Crippen LogP contribution in [0.2, 0.25) is 0 Å². The lowest BCUT2D eigenvalue weighted by Gasteiger charge is -2.07. The third-order valence-corrected chi connectivity index (χ3v) is 4.51. The number of hydrogen-bond acceptors (Lipinski definition) is 7. The van der Waals surface area contributed by atoms with Crippen molar-refractivity contribution in [1.29, 1.82) is 0 Å². The van der Waals surface area contributed by atoms with Crippen molar-refractivity contribution in [2.75, 3.05) is 18.4 Å². The van der Waals surface area contributed by atoms with Gasteiger partial charge in [-0.2, -0.15) is 4.98 Å². The number of aromatic nitrogens is 2. The molecule has 0 saturated carbocycles. The Balaban J connectivity index is 1.37. The van der Waals surface area contributed by atoms with E-state index >= 15 is 0 Å². The molecule has 30 heavy (non-hydrogen) atoms. The zero-order chi connectivity index (χ0) is 21.3. The van der Waals surface area contributed by atoms with Crippen molar-refractivity contribution >= 4 is 17.3 Å². The van der Waals surface area contributed by atoms with Crippen LogP contribution >= 0.6 is 0 Å². The fraction of sp³-hybridized carbons (Fsp3) is 0.286. The average Bonchev–Trinajstić information content (AvgIpc) is 3.25. The molecule has 0 aliphatic heterocycles. The highest BCUT2D eigenvalue weighted by Crippen LogP contribution is 2.17. The molecular formula is C21H23N5O4.